The number of likely N-dealkylation sites (tertiary alicyclic amines) is 2. The van der Waals surface area contributed by atoms with Gasteiger partial charge in [0, 0.05) is 26.6 Å². The zero-order valence-corrected chi connectivity index (χ0v) is 14.1. The highest BCUT2D eigenvalue weighted by molar-refractivity contribution is 5.86. The number of rotatable bonds is 4. The van der Waals surface area contributed by atoms with E-state index in [0.29, 0.717) is 13.0 Å². The van der Waals surface area contributed by atoms with E-state index in [0.717, 1.165) is 37.9 Å². The fraction of sp³-hybridized carbons (Fsp3) is 0.556. The second-order valence-electron chi connectivity index (χ2n) is 6.82. The Hall–Kier alpha value is -1.95. The van der Waals surface area contributed by atoms with Gasteiger partial charge in [-0.1, -0.05) is 12.1 Å². The van der Waals surface area contributed by atoms with Crippen molar-refractivity contribution in [2.45, 2.75) is 37.8 Å². The van der Waals surface area contributed by atoms with Gasteiger partial charge in [-0.15, -0.1) is 0 Å². The molecule has 2 saturated heterocycles. The minimum Gasteiger partial charge on any atom is -0.358 e. The SMILES string of the molecule is CNC(=O)CN1C(=O)CCC12CCCN(Cc1cccc(F)c1)C2. The maximum absolute atomic E-state index is 13.4. The Labute approximate surface area is 141 Å². The summed E-state index contributed by atoms with van der Waals surface area (Å²) in [4.78, 5) is 28.1. The maximum atomic E-state index is 13.4. The van der Waals surface area contributed by atoms with Crippen LogP contribution in [0.4, 0.5) is 4.39 Å². The predicted octanol–water partition coefficient (Wildman–Crippen LogP) is 1.53. The molecule has 2 heterocycles. The van der Waals surface area contributed by atoms with E-state index in [1.807, 2.05) is 6.07 Å². The molecule has 6 heteroatoms. The van der Waals surface area contributed by atoms with E-state index in [1.54, 1.807) is 24.1 Å². The number of hydrogen-bond acceptors (Lipinski definition) is 3. The second-order valence-corrected chi connectivity index (χ2v) is 6.82. The fourth-order valence-corrected chi connectivity index (χ4v) is 4.01. The van der Waals surface area contributed by atoms with Crippen molar-refractivity contribution in [2.24, 2.45) is 0 Å². The molecule has 1 spiro atoms. The summed E-state index contributed by atoms with van der Waals surface area (Å²) in [5.41, 5.74) is 0.684. The molecule has 0 aliphatic carbocycles. The molecule has 1 unspecified atom stereocenters. The highest BCUT2D eigenvalue weighted by Gasteiger charge is 2.47. The van der Waals surface area contributed by atoms with Crippen molar-refractivity contribution < 1.29 is 14.0 Å². The lowest BCUT2D eigenvalue weighted by molar-refractivity contribution is -0.138. The highest BCUT2D eigenvalue weighted by Crippen LogP contribution is 2.38. The van der Waals surface area contributed by atoms with Crippen molar-refractivity contribution in [3.05, 3.63) is 35.6 Å². The van der Waals surface area contributed by atoms with E-state index in [1.165, 1.54) is 6.07 Å². The van der Waals surface area contributed by atoms with E-state index >= 15 is 0 Å². The number of nitrogens with zero attached hydrogens (tertiary/aromatic N) is 2. The standard InChI is InChI=1S/C18H24FN3O2/c1-20-16(23)12-22-17(24)6-8-18(22)7-3-9-21(13-18)11-14-4-2-5-15(19)10-14/h2,4-5,10H,3,6-9,11-13H2,1H3,(H,20,23). The molecular weight excluding hydrogens is 309 g/mol. The van der Waals surface area contributed by atoms with E-state index in [4.69, 9.17) is 0 Å². The van der Waals surface area contributed by atoms with Gasteiger partial charge in [-0.05, 0) is 43.5 Å². The zero-order chi connectivity index (χ0) is 17.2. The van der Waals surface area contributed by atoms with Gasteiger partial charge in [0.2, 0.25) is 11.8 Å². The first-order valence-electron chi connectivity index (χ1n) is 8.50. The smallest absolute Gasteiger partial charge is 0.239 e. The number of amides is 2. The average Bonchev–Trinajstić information content (AvgIpc) is 2.84. The van der Waals surface area contributed by atoms with Gasteiger partial charge in [-0.2, -0.15) is 0 Å². The summed E-state index contributed by atoms with van der Waals surface area (Å²) in [5, 5.41) is 2.60. The lowest BCUT2D eigenvalue weighted by Crippen LogP contribution is -2.58. The van der Waals surface area contributed by atoms with Gasteiger partial charge in [-0.3, -0.25) is 14.5 Å². The van der Waals surface area contributed by atoms with Crippen molar-refractivity contribution in [3.8, 4) is 0 Å². The largest absolute Gasteiger partial charge is 0.358 e. The molecule has 130 valence electrons. The third-order valence-corrected chi connectivity index (χ3v) is 5.19. The average molecular weight is 333 g/mol. The number of benzene rings is 1. The molecule has 2 amide bonds. The van der Waals surface area contributed by atoms with Crippen LogP contribution in [-0.4, -0.2) is 53.8 Å². The van der Waals surface area contributed by atoms with Gasteiger partial charge in [0.25, 0.3) is 0 Å². The van der Waals surface area contributed by atoms with Gasteiger partial charge in [0.15, 0.2) is 0 Å². The second kappa shape index (κ2) is 6.89. The summed E-state index contributed by atoms with van der Waals surface area (Å²) >= 11 is 0. The summed E-state index contributed by atoms with van der Waals surface area (Å²) < 4.78 is 13.4. The Bertz CT molecular complexity index is 636. The molecule has 5 nitrogen and oxygen atoms in total. The van der Waals surface area contributed by atoms with Crippen LogP contribution in [0.5, 0.6) is 0 Å². The predicted molar refractivity (Wildman–Crippen MR) is 88.7 cm³/mol. The molecule has 1 aromatic carbocycles. The molecule has 0 bridgehead atoms. The van der Waals surface area contributed by atoms with Gasteiger partial charge < -0.3 is 10.2 Å². The number of halogens is 1. The van der Waals surface area contributed by atoms with Crippen molar-refractivity contribution in [1.82, 2.24) is 15.1 Å². The van der Waals surface area contributed by atoms with Crippen LogP contribution in [0.1, 0.15) is 31.2 Å². The Kier molecular flexibility index (Phi) is 4.85. The van der Waals surface area contributed by atoms with Gasteiger partial charge in [0.1, 0.15) is 12.4 Å². The van der Waals surface area contributed by atoms with Gasteiger partial charge in [-0.25, -0.2) is 4.39 Å². The number of carbonyl (C=O) groups is 2. The summed E-state index contributed by atoms with van der Waals surface area (Å²) in [7, 11) is 1.59. The molecule has 2 aliphatic rings. The highest BCUT2D eigenvalue weighted by atomic mass is 19.1. The number of likely N-dealkylation sites (N-methyl/N-ethyl adjacent to an activating group) is 1. The Morgan fingerprint density at radius 2 is 2.21 bits per heavy atom. The normalized spacial score (nSPS) is 24.6. The lowest BCUT2D eigenvalue weighted by Gasteiger charge is -2.45. The Balaban J connectivity index is 1.73. The summed E-state index contributed by atoms with van der Waals surface area (Å²) in [6.07, 6.45) is 3.20. The first-order chi connectivity index (χ1) is 11.5. The first kappa shape index (κ1) is 16.9. The molecule has 1 aromatic rings. The molecule has 0 aromatic heterocycles. The Morgan fingerprint density at radius 3 is 2.96 bits per heavy atom. The maximum Gasteiger partial charge on any atom is 0.239 e. The van der Waals surface area contributed by atoms with Crippen molar-refractivity contribution in [1.29, 1.82) is 0 Å². The molecular formula is C18H24FN3O2. The molecule has 3 rings (SSSR count). The van der Waals surface area contributed by atoms with Crippen LogP contribution in [0.3, 0.4) is 0 Å². The van der Waals surface area contributed by atoms with Crippen molar-refractivity contribution in [2.75, 3.05) is 26.7 Å². The fourth-order valence-electron chi connectivity index (χ4n) is 4.01. The number of carbonyl (C=O) groups excluding carboxylic acids is 2. The number of piperidine rings is 1. The van der Waals surface area contributed by atoms with Crippen LogP contribution in [-0.2, 0) is 16.1 Å². The minimum absolute atomic E-state index is 0.0613. The van der Waals surface area contributed by atoms with Gasteiger partial charge >= 0.3 is 0 Å². The van der Waals surface area contributed by atoms with Crippen LogP contribution in [0, 0.1) is 5.82 Å². The van der Waals surface area contributed by atoms with E-state index in [9.17, 15) is 14.0 Å². The lowest BCUT2D eigenvalue weighted by atomic mass is 9.86. The summed E-state index contributed by atoms with van der Waals surface area (Å²) in [6, 6.07) is 6.65. The molecule has 0 radical (unpaired) electrons. The molecule has 2 aliphatic heterocycles. The molecule has 24 heavy (non-hydrogen) atoms. The summed E-state index contributed by atoms with van der Waals surface area (Å²) in [5.74, 6) is -0.297. The monoisotopic (exact) mass is 333 g/mol. The van der Waals surface area contributed by atoms with Crippen LogP contribution >= 0.6 is 0 Å². The first-order valence-corrected chi connectivity index (χ1v) is 8.50. The molecule has 2 fully saturated rings. The third-order valence-electron chi connectivity index (χ3n) is 5.19. The third kappa shape index (κ3) is 3.43. The van der Waals surface area contributed by atoms with Crippen molar-refractivity contribution >= 4 is 11.8 Å². The molecule has 1 N–H and O–H groups in total. The zero-order valence-electron chi connectivity index (χ0n) is 14.1. The van der Waals surface area contributed by atoms with E-state index in [2.05, 4.69) is 10.2 Å². The van der Waals surface area contributed by atoms with Crippen LogP contribution in [0.25, 0.3) is 0 Å². The van der Waals surface area contributed by atoms with Crippen LogP contribution in [0.15, 0.2) is 24.3 Å². The van der Waals surface area contributed by atoms with E-state index < -0.39 is 0 Å². The quantitative estimate of drug-likeness (QED) is 0.909. The van der Waals surface area contributed by atoms with Gasteiger partial charge in [0.05, 0.1) is 5.54 Å². The topological polar surface area (TPSA) is 52.7 Å². The molecule has 1 atom stereocenters. The number of hydrogen-bond donors (Lipinski definition) is 1. The van der Waals surface area contributed by atoms with Crippen molar-refractivity contribution in [3.63, 3.8) is 0 Å². The van der Waals surface area contributed by atoms with Crippen LogP contribution < -0.4 is 5.32 Å². The minimum atomic E-state index is -0.255. The number of nitrogens with one attached hydrogen (secondary N) is 1. The van der Waals surface area contributed by atoms with E-state index in [-0.39, 0.29) is 29.7 Å². The molecule has 0 saturated carbocycles. The summed E-state index contributed by atoms with van der Waals surface area (Å²) in [6.45, 7) is 2.47. The van der Waals surface area contributed by atoms with Crippen LogP contribution in [0.2, 0.25) is 0 Å². The Morgan fingerprint density at radius 1 is 1.38 bits per heavy atom.